The highest BCUT2D eigenvalue weighted by atomic mass is 32.2. The molecule has 5 nitrogen and oxygen atoms in total. The topological polar surface area (TPSA) is 77.8 Å². The summed E-state index contributed by atoms with van der Waals surface area (Å²) < 4.78 is 0.445. The number of aromatic nitrogens is 2. The molecule has 0 spiro atoms. The number of hydrogen-bond donors (Lipinski definition) is 3. The molecule has 1 aliphatic carbocycles. The molecule has 0 bridgehead atoms. The van der Waals surface area contributed by atoms with Gasteiger partial charge < -0.3 is 10.3 Å². The van der Waals surface area contributed by atoms with Gasteiger partial charge in [-0.05, 0) is 55.8 Å². The summed E-state index contributed by atoms with van der Waals surface area (Å²) in [6, 6.07) is 10.1. The minimum absolute atomic E-state index is 0.00606. The van der Waals surface area contributed by atoms with Crippen LogP contribution in [0.2, 0.25) is 0 Å². The van der Waals surface area contributed by atoms with Gasteiger partial charge in [0.2, 0.25) is 0 Å². The summed E-state index contributed by atoms with van der Waals surface area (Å²) in [5.74, 6) is 0.892. The largest absolute Gasteiger partial charge is 0.388 e. The van der Waals surface area contributed by atoms with E-state index >= 15 is 0 Å². The number of hydrogen-bond acceptors (Lipinski definition) is 5. The molecular formula is C18H25N3O2S2. The van der Waals surface area contributed by atoms with Crippen molar-refractivity contribution in [3.63, 3.8) is 0 Å². The molecule has 2 aromatic rings. The molecule has 1 heterocycles. The van der Waals surface area contributed by atoms with E-state index in [1.54, 1.807) is 0 Å². The van der Waals surface area contributed by atoms with E-state index < -0.39 is 0 Å². The van der Waals surface area contributed by atoms with Crippen molar-refractivity contribution in [2.45, 2.75) is 32.6 Å². The molecule has 0 atom stereocenters. The van der Waals surface area contributed by atoms with Gasteiger partial charge in [0, 0.05) is 24.0 Å². The van der Waals surface area contributed by atoms with Crippen molar-refractivity contribution in [2.75, 3.05) is 18.1 Å². The Labute approximate surface area is 157 Å². The Hall–Kier alpha value is -1.86. The van der Waals surface area contributed by atoms with Crippen molar-refractivity contribution >= 4 is 35.3 Å². The quantitative estimate of drug-likeness (QED) is 0.556. The van der Waals surface area contributed by atoms with Gasteiger partial charge in [-0.3, -0.25) is 14.6 Å². The van der Waals surface area contributed by atoms with Crippen LogP contribution in [-0.4, -0.2) is 28.4 Å². The molecule has 0 radical (unpaired) electrons. The number of rotatable bonds is 3. The van der Waals surface area contributed by atoms with Crippen molar-refractivity contribution in [2.24, 2.45) is 0 Å². The third kappa shape index (κ3) is 8.18. The van der Waals surface area contributed by atoms with Crippen LogP contribution in [0.15, 0.2) is 35.1 Å². The second-order valence-electron chi connectivity index (χ2n) is 5.24. The minimum atomic E-state index is -0.00606. The summed E-state index contributed by atoms with van der Waals surface area (Å²) >= 11 is 6.16. The molecule has 136 valence electrons. The number of carbonyl (C=O) groups is 1. The summed E-state index contributed by atoms with van der Waals surface area (Å²) in [6.45, 7) is 1.94. The number of fused-ring (bicyclic) bond motifs is 1. The first-order chi connectivity index (χ1) is 12.1. The maximum Gasteiger partial charge on any atom is 0.255 e. The molecule has 0 amide bonds. The molecule has 3 rings (SSSR count). The number of H-pyrrole nitrogens is 2. The predicted octanol–water partition coefficient (Wildman–Crippen LogP) is 3.97. The lowest BCUT2D eigenvalue weighted by Crippen LogP contribution is -2.20. The van der Waals surface area contributed by atoms with E-state index in [0.29, 0.717) is 4.77 Å². The van der Waals surface area contributed by atoms with Crippen LogP contribution in [0.25, 0.3) is 0 Å². The molecule has 0 fully saturated rings. The average Bonchev–Trinajstić information content (AvgIpc) is 2.64. The minimum Gasteiger partial charge on any atom is -0.388 e. The predicted molar refractivity (Wildman–Crippen MR) is 110 cm³/mol. The third-order valence-electron chi connectivity index (χ3n) is 3.53. The van der Waals surface area contributed by atoms with Gasteiger partial charge in [-0.25, -0.2) is 0 Å². The molecule has 25 heavy (non-hydrogen) atoms. The Morgan fingerprint density at radius 1 is 1.20 bits per heavy atom. The van der Waals surface area contributed by atoms with Gasteiger partial charge in [-0.15, -0.1) is 0 Å². The van der Waals surface area contributed by atoms with E-state index in [2.05, 4.69) is 15.3 Å². The molecule has 0 saturated carbocycles. The number of thioether (sulfide) groups is 1. The first kappa shape index (κ1) is 21.2. The Bertz CT molecular complexity index is 742. The number of aryl methyl sites for hydroxylation is 1. The number of carbonyl (C=O) groups excluding carboxylic acids is 1. The van der Waals surface area contributed by atoms with Gasteiger partial charge in [-0.2, -0.15) is 0 Å². The lowest BCUT2D eigenvalue weighted by atomic mass is 9.97. The van der Waals surface area contributed by atoms with Crippen molar-refractivity contribution in [3.8, 4) is 0 Å². The van der Waals surface area contributed by atoms with Crippen LogP contribution in [0.1, 0.15) is 31.0 Å². The van der Waals surface area contributed by atoms with Gasteiger partial charge in [0.1, 0.15) is 0 Å². The second-order valence-corrected chi connectivity index (χ2v) is 6.75. The number of anilines is 1. The molecule has 0 saturated heterocycles. The zero-order valence-electron chi connectivity index (χ0n) is 14.6. The van der Waals surface area contributed by atoms with Crippen molar-refractivity contribution in [3.05, 3.63) is 56.7 Å². The fraction of sp³-hybridized carbons (Fsp3) is 0.389. The van der Waals surface area contributed by atoms with Gasteiger partial charge in [0.25, 0.3) is 5.56 Å². The van der Waals surface area contributed by atoms with E-state index in [1.165, 1.54) is 11.8 Å². The van der Waals surface area contributed by atoms with E-state index in [1.807, 2.05) is 44.3 Å². The molecule has 1 aliphatic rings. The van der Waals surface area contributed by atoms with E-state index in [4.69, 9.17) is 12.2 Å². The zero-order chi connectivity index (χ0) is 18.5. The highest BCUT2D eigenvalue weighted by Gasteiger charge is 2.12. The Balaban J connectivity index is 0.000000209. The first-order valence-corrected chi connectivity index (χ1v) is 9.70. The maximum absolute atomic E-state index is 11.3. The van der Waals surface area contributed by atoms with Crippen molar-refractivity contribution in [1.29, 1.82) is 0 Å². The fourth-order valence-electron chi connectivity index (χ4n) is 2.31. The number of nitrogens with one attached hydrogen (secondary N) is 3. The van der Waals surface area contributed by atoms with Crippen LogP contribution in [0.4, 0.5) is 5.69 Å². The van der Waals surface area contributed by atoms with Gasteiger partial charge in [-0.1, -0.05) is 36.9 Å². The zero-order valence-corrected chi connectivity index (χ0v) is 16.3. The van der Waals surface area contributed by atoms with Crippen LogP contribution in [-0.2, 0) is 17.6 Å². The molecule has 0 aliphatic heterocycles. The highest BCUT2D eigenvalue weighted by molar-refractivity contribution is 8.11. The number of benzene rings is 1. The summed E-state index contributed by atoms with van der Waals surface area (Å²) in [4.78, 5) is 26.3. The number of aromatic amines is 2. The first-order valence-electron chi connectivity index (χ1n) is 8.24. The summed E-state index contributed by atoms with van der Waals surface area (Å²) in [5.41, 5.74) is 3.94. The summed E-state index contributed by atoms with van der Waals surface area (Å²) in [6.07, 6.45) is 4.11. The molecule has 1 aromatic heterocycles. The third-order valence-corrected chi connectivity index (χ3v) is 4.20. The van der Waals surface area contributed by atoms with E-state index in [-0.39, 0.29) is 5.56 Å². The smallest absolute Gasteiger partial charge is 0.255 e. The molecule has 1 aromatic carbocycles. The van der Waals surface area contributed by atoms with Crippen molar-refractivity contribution in [1.82, 2.24) is 9.97 Å². The summed E-state index contributed by atoms with van der Waals surface area (Å²) in [7, 11) is 1.91. The Kier molecular flexibility index (Phi) is 10.6. The van der Waals surface area contributed by atoms with Crippen molar-refractivity contribution < 1.29 is 4.79 Å². The average molecular weight is 380 g/mol. The van der Waals surface area contributed by atoms with Crippen LogP contribution in [0, 0.1) is 4.77 Å². The van der Waals surface area contributed by atoms with Gasteiger partial charge in [0.05, 0.1) is 0 Å². The Morgan fingerprint density at radius 2 is 1.88 bits per heavy atom. The van der Waals surface area contributed by atoms with Gasteiger partial charge in [0.15, 0.2) is 10.4 Å². The summed E-state index contributed by atoms with van der Waals surface area (Å²) in [5, 5.41) is 3.03. The highest BCUT2D eigenvalue weighted by Crippen LogP contribution is 2.14. The second kappa shape index (κ2) is 12.5. The molecule has 0 unspecified atom stereocenters. The molecule has 7 heteroatoms. The fourth-order valence-corrected chi connectivity index (χ4v) is 2.67. The van der Waals surface area contributed by atoms with Crippen LogP contribution in [0.3, 0.4) is 0 Å². The Morgan fingerprint density at radius 3 is 2.40 bits per heavy atom. The molecular weight excluding hydrogens is 354 g/mol. The van der Waals surface area contributed by atoms with E-state index in [0.717, 1.165) is 54.0 Å². The maximum atomic E-state index is 11.3. The SMILES string of the molecule is CCSC=O.CNc1ccccc1.O=c1[nH]c(=S)[nH]c2c1CCCC2. The van der Waals surface area contributed by atoms with Crippen LogP contribution < -0.4 is 10.9 Å². The van der Waals surface area contributed by atoms with E-state index in [9.17, 15) is 9.59 Å². The lowest BCUT2D eigenvalue weighted by Gasteiger charge is -2.13. The molecule has 3 N–H and O–H groups in total. The van der Waals surface area contributed by atoms with Gasteiger partial charge >= 0.3 is 0 Å². The van der Waals surface area contributed by atoms with Crippen LogP contribution >= 0.6 is 24.0 Å². The van der Waals surface area contributed by atoms with Crippen LogP contribution in [0.5, 0.6) is 0 Å². The standard InChI is InChI=1S/C8H10N2OS.C7H9N.C3H6OS/c11-7-5-3-1-2-4-6(5)9-8(12)10-7;1-8-7-5-3-2-4-6-7;1-2-5-3-4/h1-4H2,(H2,9,10,11,12);2-6,8H,1H3;3H,2H2,1H3. The number of para-hydroxylation sites is 1. The monoisotopic (exact) mass is 379 g/mol. The normalized spacial score (nSPS) is 11.8. The lowest BCUT2D eigenvalue weighted by molar-refractivity contribution is 0.570.